The lowest BCUT2D eigenvalue weighted by molar-refractivity contribution is 0.0216. The van der Waals surface area contributed by atoms with Crippen LogP contribution in [-0.2, 0) is 11.3 Å². The zero-order chi connectivity index (χ0) is 16.6. The summed E-state index contributed by atoms with van der Waals surface area (Å²) in [5.74, 6) is -0.126. The largest absolute Gasteiger partial charge is 0.444 e. The molecule has 120 valence electrons. The van der Waals surface area contributed by atoms with Crippen LogP contribution < -0.4 is 0 Å². The molecular formula is C17H19N3O3. The highest BCUT2D eigenvalue weighted by Gasteiger charge is 2.32. The average Bonchev–Trinajstić information content (AvgIpc) is 2.91. The monoisotopic (exact) mass is 313 g/mol. The lowest BCUT2D eigenvalue weighted by Gasteiger charge is -2.29. The number of fused-ring (bicyclic) bond motifs is 1. The molecule has 0 saturated carbocycles. The molecule has 1 aromatic heterocycles. The summed E-state index contributed by atoms with van der Waals surface area (Å²) in [7, 11) is 0. The van der Waals surface area contributed by atoms with Crippen LogP contribution >= 0.6 is 0 Å². The van der Waals surface area contributed by atoms with E-state index in [1.807, 2.05) is 30.3 Å². The van der Waals surface area contributed by atoms with Crippen LogP contribution in [0.4, 0.5) is 4.79 Å². The van der Waals surface area contributed by atoms with Gasteiger partial charge in [0.05, 0.1) is 36.2 Å². The van der Waals surface area contributed by atoms with E-state index >= 15 is 0 Å². The number of carbonyl (C=O) groups is 2. The molecule has 0 fully saturated rings. The number of ketones is 1. The topological polar surface area (TPSA) is 64.4 Å². The van der Waals surface area contributed by atoms with Crippen molar-refractivity contribution in [3.8, 4) is 5.69 Å². The van der Waals surface area contributed by atoms with E-state index in [4.69, 9.17) is 4.74 Å². The smallest absolute Gasteiger partial charge is 0.411 e. The summed E-state index contributed by atoms with van der Waals surface area (Å²) in [6.07, 6.45) is 1.08. The Kier molecular flexibility index (Phi) is 3.67. The molecular weight excluding hydrogens is 294 g/mol. The van der Waals surface area contributed by atoms with E-state index in [1.54, 1.807) is 31.6 Å². The Labute approximate surface area is 134 Å². The van der Waals surface area contributed by atoms with Crippen LogP contribution in [0.1, 0.15) is 36.8 Å². The third-order valence-corrected chi connectivity index (χ3v) is 3.50. The molecule has 1 aliphatic heterocycles. The van der Waals surface area contributed by atoms with E-state index in [2.05, 4.69) is 5.10 Å². The second-order valence-corrected chi connectivity index (χ2v) is 6.51. The van der Waals surface area contributed by atoms with E-state index in [1.165, 1.54) is 4.90 Å². The van der Waals surface area contributed by atoms with Crippen molar-refractivity contribution in [1.82, 2.24) is 14.7 Å². The second kappa shape index (κ2) is 5.53. The van der Waals surface area contributed by atoms with Gasteiger partial charge < -0.3 is 4.74 Å². The average molecular weight is 313 g/mol. The fourth-order valence-corrected chi connectivity index (χ4v) is 2.50. The molecule has 2 aromatic rings. The van der Waals surface area contributed by atoms with E-state index in [-0.39, 0.29) is 12.3 Å². The molecule has 3 rings (SSSR count). The van der Waals surface area contributed by atoms with Gasteiger partial charge in [0.1, 0.15) is 5.60 Å². The molecule has 0 aliphatic carbocycles. The van der Waals surface area contributed by atoms with Gasteiger partial charge in [-0.25, -0.2) is 9.48 Å². The maximum atomic E-state index is 12.3. The number of carbonyl (C=O) groups excluding carboxylic acids is 2. The maximum absolute atomic E-state index is 12.3. The van der Waals surface area contributed by atoms with Crippen molar-refractivity contribution in [2.45, 2.75) is 32.9 Å². The number of amides is 1. The van der Waals surface area contributed by atoms with Crippen molar-refractivity contribution >= 4 is 11.9 Å². The molecule has 1 amide bonds. The summed E-state index contributed by atoms with van der Waals surface area (Å²) in [6.45, 7) is 5.72. The molecule has 0 N–H and O–H groups in total. The number of hydrogen-bond acceptors (Lipinski definition) is 4. The van der Waals surface area contributed by atoms with E-state index in [0.29, 0.717) is 17.8 Å². The fourth-order valence-electron chi connectivity index (χ4n) is 2.50. The van der Waals surface area contributed by atoms with Gasteiger partial charge in [0.25, 0.3) is 0 Å². The Morgan fingerprint density at radius 2 is 1.87 bits per heavy atom. The minimum absolute atomic E-state index is 0.0163. The Morgan fingerprint density at radius 3 is 2.52 bits per heavy atom. The summed E-state index contributed by atoms with van der Waals surface area (Å²) < 4.78 is 7.07. The van der Waals surface area contributed by atoms with Crippen LogP contribution in [-0.4, -0.2) is 38.7 Å². The molecule has 0 radical (unpaired) electrons. The molecule has 0 unspecified atom stereocenters. The van der Waals surface area contributed by atoms with Gasteiger partial charge in [0.2, 0.25) is 0 Å². The summed E-state index contributed by atoms with van der Waals surface area (Å²) >= 11 is 0. The molecule has 2 heterocycles. The van der Waals surface area contributed by atoms with E-state index in [9.17, 15) is 9.59 Å². The van der Waals surface area contributed by atoms with Crippen LogP contribution in [0.2, 0.25) is 0 Å². The number of aromatic nitrogens is 2. The highest BCUT2D eigenvalue weighted by atomic mass is 16.6. The third kappa shape index (κ3) is 3.11. The summed E-state index contributed by atoms with van der Waals surface area (Å²) in [4.78, 5) is 26.0. The van der Waals surface area contributed by atoms with Crippen LogP contribution in [0.5, 0.6) is 0 Å². The molecule has 23 heavy (non-hydrogen) atoms. The van der Waals surface area contributed by atoms with Gasteiger partial charge in [-0.2, -0.15) is 5.10 Å². The molecule has 1 aromatic carbocycles. The van der Waals surface area contributed by atoms with Crippen LogP contribution in [0.3, 0.4) is 0 Å². The van der Waals surface area contributed by atoms with Crippen molar-refractivity contribution in [1.29, 1.82) is 0 Å². The zero-order valence-electron chi connectivity index (χ0n) is 13.4. The summed E-state index contributed by atoms with van der Waals surface area (Å²) in [5.41, 5.74) is 1.53. The molecule has 0 atom stereocenters. The van der Waals surface area contributed by atoms with Gasteiger partial charge in [-0.15, -0.1) is 0 Å². The number of para-hydroxylation sites is 1. The molecule has 0 bridgehead atoms. The van der Waals surface area contributed by atoms with Crippen molar-refractivity contribution in [3.05, 3.63) is 47.8 Å². The molecule has 0 saturated heterocycles. The minimum atomic E-state index is -0.597. The lowest BCUT2D eigenvalue weighted by Crippen LogP contribution is -2.42. The number of nitrogens with zero attached hydrogens (tertiary/aromatic N) is 3. The first-order valence-corrected chi connectivity index (χ1v) is 7.48. The van der Waals surface area contributed by atoms with Crippen LogP contribution in [0, 0.1) is 0 Å². The first-order valence-electron chi connectivity index (χ1n) is 7.48. The number of hydrogen-bond donors (Lipinski definition) is 0. The van der Waals surface area contributed by atoms with Crippen molar-refractivity contribution in [2.75, 3.05) is 6.54 Å². The fraction of sp³-hybridized carbons (Fsp3) is 0.353. The van der Waals surface area contributed by atoms with Gasteiger partial charge in [0.15, 0.2) is 5.78 Å². The van der Waals surface area contributed by atoms with Crippen molar-refractivity contribution < 1.29 is 14.3 Å². The van der Waals surface area contributed by atoms with Crippen LogP contribution in [0.25, 0.3) is 5.69 Å². The Balaban J connectivity index is 1.91. The normalized spacial score (nSPS) is 14.6. The van der Waals surface area contributed by atoms with E-state index < -0.39 is 11.7 Å². The lowest BCUT2D eigenvalue weighted by atomic mass is 10.1. The molecule has 6 nitrogen and oxygen atoms in total. The first-order chi connectivity index (χ1) is 10.8. The molecule has 6 heteroatoms. The molecule has 1 aliphatic rings. The summed E-state index contributed by atoms with van der Waals surface area (Å²) in [6, 6.07) is 9.53. The maximum Gasteiger partial charge on any atom is 0.411 e. The minimum Gasteiger partial charge on any atom is -0.444 e. The third-order valence-electron chi connectivity index (χ3n) is 3.50. The number of Topliss-reactive ketones (excluding diaryl/α,β-unsaturated/α-hetero) is 1. The van der Waals surface area contributed by atoms with Gasteiger partial charge in [-0.3, -0.25) is 9.69 Å². The van der Waals surface area contributed by atoms with E-state index in [0.717, 1.165) is 5.69 Å². The van der Waals surface area contributed by atoms with Gasteiger partial charge >= 0.3 is 6.09 Å². The Morgan fingerprint density at radius 1 is 1.17 bits per heavy atom. The highest BCUT2D eigenvalue weighted by molar-refractivity contribution is 6.01. The standard InChI is InChI=1S/C17H19N3O3/c1-17(2,3)23-16(22)19-10-14-13(15(21)11-19)9-18-20(14)12-7-5-4-6-8-12/h4-9H,10-11H2,1-3H3. The predicted octanol–water partition coefficient (Wildman–Crippen LogP) is 2.81. The SMILES string of the molecule is CC(C)(C)OC(=O)N1CC(=O)c2cnn(-c3ccccc3)c2C1. The van der Waals surface area contributed by atoms with Crippen LogP contribution in [0.15, 0.2) is 36.5 Å². The number of benzene rings is 1. The Bertz CT molecular complexity index is 744. The summed E-state index contributed by atoms with van der Waals surface area (Å²) in [5, 5.41) is 4.30. The quantitative estimate of drug-likeness (QED) is 0.812. The van der Waals surface area contributed by atoms with Gasteiger partial charge in [-0.05, 0) is 32.9 Å². The number of ether oxygens (including phenoxy) is 1. The van der Waals surface area contributed by atoms with Gasteiger partial charge in [-0.1, -0.05) is 18.2 Å². The zero-order valence-corrected chi connectivity index (χ0v) is 13.4. The highest BCUT2D eigenvalue weighted by Crippen LogP contribution is 2.23. The number of rotatable bonds is 1. The Hall–Kier alpha value is -2.63. The molecule has 0 spiro atoms. The van der Waals surface area contributed by atoms with Gasteiger partial charge in [0, 0.05) is 0 Å². The second-order valence-electron chi connectivity index (χ2n) is 6.51. The van der Waals surface area contributed by atoms with Crippen molar-refractivity contribution in [3.63, 3.8) is 0 Å². The van der Waals surface area contributed by atoms with Crippen molar-refractivity contribution in [2.24, 2.45) is 0 Å². The first kappa shape index (κ1) is 15.3. The predicted molar refractivity (Wildman–Crippen MR) is 84.5 cm³/mol.